The maximum Gasteiger partial charge on any atom is 0.224 e. The van der Waals surface area contributed by atoms with E-state index in [1.165, 1.54) is 0 Å². The van der Waals surface area contributed by atoms with Crippen molar-refractivity contribution in [2.45, 2.75) is 13.5 Å². The van der Waals surface area contributed by atoms with E-state index in [-0.39, 0.29) is 5.91 Å². The average Bonchev–Trinajstić information content (AvgIpc) is 2.38. The highest BCUT2D eigenvalue weighted by Gasteiger charge is 2.14. The molecule has 2 aromatic carbocycles. The standard InChI is InChI=1S/C15H14BrNO/c1-12(18)17(11-13-7-3-2-4-8-13)15-10-6-5-9-14(15)16/h2-10H,11H2,1H3. The van der Waals surface area contributed by atoms with Crippen LogP contribution in [-0.4, -0.2) is 5.91 Å². The predicted molar refractivity (Wildman–Crippen MR) is 77.4 cm³/mol. The van der Waals surface area contributed by atoms with Crippen molar-refractivity contribution in [1.82, 2.24) is 0 Å². The Morgan fingerprint density at radius 1 is 1.06 bits per heavy atom. The highest BCUT2D eigenvalue weighted by atomic mass is 79.9. The second-order valence-corrected chi connectivity index (χ2v) is 4.90. The van der Waals surface area contributed by atoms with Crippen molar-refractivity contribution >= 4 is 27.5 Å². The molecule has 2 nitrogen and oxygen atoms in total. The molecule has 0 spiro atoms. The third-order valence-electron chi connectivity index (χ3n) is 2.71. The maximum absolute atomic E-state index is 11.8. The Kier molecular flexibility index (Phi) is 4.15. The average molecular weight is 304 g/mol. The van der Waals surface area contributed by atoms with Gasteiger partial charge in [0.15, 0.2) is 0 Å². The van der Waals surface area contributed by atoms with Crippen LogP contribution in [0.2, 0.25) is 0 Å². The van der Waals surface area contributed by atoms with Gasteiger partial charge in [-0.2, -0.15) is 0 Å². The van der Waals surface area contributed by atoms with Crippen LogP contribution in [0, 0.1) is 0 Å². The summed E-state index contributed by atoms with van der Waals surface area (Å²) in [5.41, 5.74) is 2.01. The molecule has 0 radical (unpaired) electrons. The molecule has 0 atom stereocenters. The summed E-state index contributed by atoms with van der Waals surface area (Å²) in [5, 5.41) is 0. The summed E-state index contributed by atoms with van der Waals surface area (Å²) in [6, 6.07) is 17.7. The molecule has 2 rings (SSSR count). The molecule has 2 aromatic rings. The zero-order valence-electron chi connectivity index (χ0n) is 10.1. The van der Waals surface area contributed by atoms with Crippen LogP contribution in [-0.2, 0) is 11.3 Å². The van der Waals surface area contributed by atoms with Crippen molar-refractivity contribution in [2.24, 2.45) is 0 Å². The molecule has 0 bridgehead atoms. The number of halogens is 1. The van der Waals surface area contributed by atoms with Crippen molar-refractivity contribution in [1.29, 1.82) is 0 Å². The number of rotatable bonds is 3. The van der Waals surface area contributed by atoms with Crippen LogP contribution in [0.25, 0.3) is 0 Å². The first kappa shape index (κ1) is 12.8. The van der Waals surface area contributed by atoms with Gasteiger partial charge < -0.3 is 4.90 Å². The van der Waals surface area contributed by atoms with Crippen LogP contribution < -0.4 is 4.90 Å². The van der Waals surface area contributed by atoms with E-state index < -0.39 is 0 Å². The number of anilines is 1. The van der Waals surface area contributed by atoms with Gasteiger partial charge in [0.05, 0.1) is 12.2 Å². The van der Waals surface area contributed by atoms with E-state index in [2.05, 4.69) is 15.9 Å². The second kappa shape index (κ2) is 5.83. The quantitative estimate of drug-likeness (QED) is 0.839. The Labute approximate surface area is 115 Å². The lowest BCUT2D eigenvalue weighted by atomic mass is 10.2. The van der Waals surface area contributed by atoms with Crippen molar-refractivity contribution in [3.8, 4) is 0 Å². The lowest BCUT2D eigenvalue weighted by molar-refractivity contribution is -0.116. The largest absolute Gasteiger partial charge is 0.307 e. The molecule has 0 aliphatic heterocycles. The number of carbonyl (C=O) groups is 1. The number of benzene rings is 2. The van der Waals surface area contributed by atoms with Gasteiger partial charge in [-0.3, -0.25) is 4.79 Å². The van der Waals surface area contributed by atoms with Gasteiger partial charge in [-0.15, -0.1) is 0 Å². The maximum atomic E-state index is 11.8. The summed E-state index contributed by atoms with van der Waals surface area (Å²) in [4.78, 5) is 13.6. The van der Waals surface area contributed by atoms with E-state index in [4.69, 9.17) is 0 Å². The van der Waals surface area contributed by atoms with Gasteiger partial charge in [0, 0.05) is 11.4 Å². The van der Waals surface area contributed by atoms with Gasteiger partial charge in [-0.05, 0) is 33.6 Å². The van der Waals surface area contributed by atoms with Crippen molar-refractivity contribution < 1.29 is 4.79 Å². The van der Waals surface area contributed by atoms with Gasteiger partial charge in [0.25, 0.3) is 0 Å². The molecule has 0 aliphatic carbocycles. The molecule has 92 valence electrons. The molecule has 18 heavy (non-hydrogen) atoms. The Morgan fingerprint density at radius 2 is 1.67 bits per heavy atom. The zero-order valence-corrected chi connectivity index (χ0v) is 11.7. The molecule has 0 saturated heterocycles. The van der Waals surface area contributed by atoms with E-state index >= 15 is 0 Å². The third kappa shape index (κ3) is 2.99. The van der Waals surface area contributed by atoms with Gasteiger partial charge in [-0.1, -0.05) is 42.5 Å². The van der Waals surface area contributed by atoms with Gasteiger partial charge >= 0.3 is 0 Å². The first-order chi connectivity index (χ1) is 8.68. The smallest absolute Gasteiger partial charge is 0.224 e. The molecule has 0 fully saturated rings. The second-order valence-electron chi connectivity index (χ2n) is 4.04. The van der Waals surface area contributed by atoms with Crippen molar-refractivity contribution in [3.05, 3.63) is 64.6 Å². The third-order valence-corrected chi connectivity index (χ3v) is 3.38. The Morgan fingerprint density at radius 3 is 2.28 bits per heavy atom. The van der Waals surface area contributed by atoms with E-state index in [0.717, 1.165) is 15.7 Å². The Balaban J connectivity index is 2.30. The summed E-state index contributed by atoms with van der Waals surface area (Å²) in [6.07, 6.45) is 0. The summed E-state index contributed by atoms with van der Waals surface area (Å²) in [6.45, 7) is 2.17. The molecular formula is C15H14BrNO. The molecule has 3 heteroatoms. The lowest BCUT2D eigenvalue weighted by Gasteiger charge is -2.22. The zero-order chi connectivity index (χ0) is 13.0. The first-order valence-corrected chi connectivity index (χ1v) is 6.54. The minimum absolute atomic E-state index is 0.0331. The number of para-hydroxylation sites is 1. The summed E-state index contributed by atoms with van der Waals surface area (Å²) in [7, 11) is 0. The number of hydrogen-bond acceptors (Lipinski definition) is 1. The van der Waals surface area contributed by atoms with Crippen LogP contribution >= 0.6 is 15.9 Å². The molecule has 0 saturated carbocycles. The van der Waals surface area contributed by atoms with E-state index in [1.807, 2.05) is 54.6 Å². The van der Waals surface area contributed by atoms with Crippen LogP contribution in [0.3, 0.4) is 0 Å². The molecule has 0 N–H and O–H groups in total. The van der Waals surface area contributed by atoms with Crippen molar-refractivity contribution in [3.63, 3.8) is 0 Å². The highest BCUT2D eigenvalue weighted by molar-refractivity contribution is 9.10. The molecule has 0 unspecified atom stereocenters. The molecule has 0 aliphatic rings. The fraction of sp³-hybridized carbons (Fsp3) is 0.133. The first-order valence-electron chi connectivity index (χ1n) is 5.75. The minimum Gasteiger partial charge on any atom is -0.307 e. The van der Waals surface area contributed by atoms with Gasteiger partial charge in [0.1, 0.15) is 0 Å². The van der Waals surface area contributed by atoms with E-state index in [1.54, 1.807) is 11.8 Å². The van der Waals surface area contributed by atoms with Gasteiger partial charge in [-0.25, -0.2) is 0 Å². The van der Waals surface area contributed by atoms with E-state index in [0.29, 0.717) is 6.54 Å². The predicted octanol–water partition coefficient (Wildman–Crippen LogP) is 4.00. The number of hydrogen-bond donors (Lipinski definition) is 0. The molecule has 0 aromatic heterocycles. The Bertz CT molecular complexity index is 539. The van der Waals surface area contributed by atoms with E-state index in [9.17, 15) is 4.79 Å². The topological polar surface area (TPSA) is 20.3 Å². The molecule has 0 heterocycles. The monoisotopic (exact) mass is 303 g/mol. The van der Waals surface area contributed by atoms with Crippen LogP contribution in [0.1, 0.15) is 12.5 Å². The van der Waals surface area contributed by atoms with Crippen LogP contribution in [0.4, 0.5) is 5.69 Å². The fourth-order valence-electron chi connectivity index (χ4n) is 1.80. The normalized spacial score (nSPS) is 10.1. The minimum atomic E-state index is 0.0331. The number of amides is 1. The van der Waals surface area contributed by atoms with Crippen molar-refractivity contribution in [2.75, 3.05) is 4.90 Å². The van der Waals surface area contributed by atoms with Gasteiger partial charge in [0.2, 0.25) is 5.91 Å². The molecular weight excluding hydrogens is 290 g/mol. The summed E-state index contributed by atoms with van der Waals surface area (Å²) >= 11 is 3.48. The lowest BCUT2D eigenvalue weighted by Crippen LogP contribution is -2.28. The van der Waals surface area contributed by atoms with Crippen LogP contribution in [0.5, 0.6) is 0 Å². The molecule has 1 amide bonds. The summed E-state index contributed by atoms with van der Waals surface area (Å²) in [5.74, 6) is 0.0331. The Hall–Kier alpha value is -1.61. The number of carbonyl (C=O) groups excluding carboxylic acids is 1. The SMILES string of the molecule is CC(=O)N(Cc1ccccc1)c1ccccc1Br. The number of nitrogens with zero attached hydrogens (tertiary/aromatic N) is 1. The highest BCUT2D eigenvalue weighted by Crippen LogP contribution is 2.27. The summed E-state index contributed by atoms with van der Waals surface area (Å²) < 4.78 is 0.927. The fourth-order valence-corrected chi connectivity index (χ4v) is 2.30. The van der Waals surface area contributed by atoms with Crippen LogP contribution in [0.15, 0.2) is 59.1 Å².